The molecule has 0 aliphatic heterocycles. The van der Waals surface area contributed by atoms with Gasteiger partial charge in [-0.2, -0.15) is 0 Å². The van der Waals surface area contributed by atoms with Crippen LogP contribution in [0, 0.1) is 6.92 Å². The molecule has 0 bridgehead atoms. The van der Waals surface area contributed by atoms with Gasteiger partial charge in [0.25, 0.3) is 0 Å². The maximum atomic E-state index is 11.8. The van der Waals surface area contributed by atoms with Gasteiger partial charge in [-0.1, -0.05) is 0 Å². The summed E-state index contributed by atoms with van der Waals surface area (Å²) in [6.45, 7) is 1.83. The summed E-state index contributed by atoms with van der Waals surface area (Å²) in [6.07, 6.45) is 1.03. The van der Waals surface area contributed by atoms with E-state index in [2.05, 4.69) is 30.1 Å². The lowest BCUT2D eigenvalue weighted by Gasteiger charge is -2.14. The van der Waals surface area contributed by atoms with Crippen LogP contribution >= 0.6 is 0 Å². The first-order chi connectivity index (χ1) is 13.3. The second-order valence-corrected chi connectivity index (χ2v) is 5.95. The van der Waals surface area contributed by atoms with E-state index in [0.717, 1.165) is 17.6 Å². The molecule has 0 radical (unpaired) electrons. The van der Waals surface area contributed by atoms with E-state index >= 15 is 0 Å². The number of rotatable bonds is 7. The van der Waals surface area contributed by atoms with Gasteiger partial charge in [0.1, 0.15) is 23.2 Å². The van der Waals surface area contributed by atoms with E-state index in [-0.39, 0.29) is 5.70 Å². The summed E-state index contributed by atoms with van der Waals surface area (Å²) in [5.74, 6) is 0.770. The molecule has 1 aromatic carbocycles. The number of hydrogen-bond acceptors (Lipinski definition) is 9. The third-order valence-corrected chi connectivity index (χ3v) is 3.59. The monoisotopic (exact) mass is 385 g/mol. The van der Waals surface area contributed by atoms with E-state index in [1.807, 2.05) is 44.1 Å². The highest BCUT2D eigenvalue weighted by atomic mass is 16.5. The number of esters is 2. The second-order valence-electron chi connectivity index (χ2n) is 5.95. The Morgan fingerprint density at radius 1 is 1.04 bits per heavy atom. The van der Waals surface area contributed by atoms with Crippen LogP contribution in [0.4, 0.5) is 23.0 Å². The number of nitrogens with zero attached hydrogens (tertiary/aromatic N) is 3. The average molecular weight is 385 g/mol. The minimum atomic E-state index is -0.680. The van der Waals surface area contributed by atoms with E-state index in [1.54, 1.807) is 12.1 Å². The van der Waals surface area contributed by atoms with Crippen LogP contribution in [0.2, 0.25) is 0 Å². The molecule has 0 atom stereocenters. The quantitative estimate of drug-likeness (QED) is 0.548. The van der Waals surface area contributed by atoms with Gasteiger partial charge in [-0.05, 0) is 31.2 Å². The highest BCUT2D eigenvalue weighted by Gasteiger charge is 2.13. The molecule has 1 heterocycles. The van der Waals surface area contributed by atoms with Crippen LogP contribution in [0.3, 0.4) is 0 Å². The van der Waals surface area contributed by atoms with Crippen LogP contribution in [0.5, 0.6) is 0 Å². The molecule has 2 aromatic rings. The Labute approximate surface area is 163 Å². The third kappa shape index (κ3) is 5.70. The maximum absolute atomic E-state index is 11.8. The lowest BCUT2D eigenvalue weighted by Crippen LogP contribution is -2.15. The van der Waals surface area contributed by atoms with Crippen molar-refractivity contribution in [1.29, 1.82) is 0 Å². The molecule has 2 rings (SSSR count). The Bertz CT molecular complexity index is 878. The van der Waals surface area contributed by atoms with Gasteiger partial charge < -0.3 is 25.0 Å². The SMILES string of the molecule is COC(=O)/C=C(/Nc1ccc(Nc2cc(N(C)C)nc(C)n2)cc1)C(=O)OC. The molecule has 9 heteroatoms. The van der Waals surface area contributed by atoms with Crippen molar-refractivity contribution in [2.24, 2.45) is 0 Å². The van der Waals surface area contributed by atoms with E-state index in [1.165, 1.54) is 14.2 Å². The summed E-state index contributed by atoms with van der Waals surface area (Å²) >= 11 is 0. The lowest BCUT2D eigenvalue weighted by molar-refractivity contribution is -0.138. The number of carbonyl (C=O) groups excluding carboxylic acids is 2. The van der Waals surface area contributed by atoms with Crippen LogP contribution in [0.25, 0.3) is 0 Å². The first-order valence-electron chi connectivity index (χ1n) is 8.37. The summed E-state index contributed by atoms with van der Waals surface area (Å²) in [5, 5.41) is 6.05. The Morgan fingerprint density at radius 3 is 2.25 bits per heavy atom. The molecule has 28 heavy (non-hydrogen) atoms. The van der Waals surface area contributed by atoms with Crippen LogP contribution < -0.4 is 15.5 Å². The zero-order valence-electron chi connectivity index (χ0n) is 16.4. The highest BCUT2D eigenvalue weighted by Crippen LogP contribution is 2.21. The number of nitrogens with one attached hydrogen (secondary N) is 2. The maximum Gasteiger partial charge on any atom is 0.354 e. The zero-order valence-corrected chi connectivity index (χ0v) is 16.4. The molecule has 9 nitrogen and oxygen atoms in total. The van der Waals surface area contributed by atoms with Gasteiger partial charge in [0.15, 0.2) is 0 Å². The standard InChI is InChI=1S/C19H23N5O4/c1-12-20-16(11-17(21-12)24(2)3)23-14-8-6-13(7-9-14)22-15(19(26)28-5)10-18(25)27-4/h6-11,22H,1-5H3,(H,20,21,23)/b15-10+. The first-order valence-corrected chi connectivity index (χ1v) is 8.37. The molecule has 0 unspecified atom stereocenters. The van der Waals surface area contributed by atoms with Crippen molar-refractivity contribution >= 4 is 34.9 Å². The van der Waals surface area contributed by atoms with Crippen LogP contribution in [-0.2, 0) is 19.1 Å². The van der Waals surface area contributed by atoms with Gasteiger partial charge in [-0.15, -0.1) is 0 Å². The molecule has 1 aromatic heterocycles. The summed E-state index contributed by atoms with van der Waals surface area (Å²) in [5.41, 5.74) is 1.36. The fraction of sp³-hybridized carbons (Fsp3) is 0.263. The van der Waals surface area contributed by atoms with Gasteiger partial charge in [0, 0.05) is 31.5 Å². The first kappa shape index (κ1) is 20.7. The Balaban J connectivity index is 2.16. The molecular formula is C19H23N5O4. The molecule has 0 aliphatic carbocycles. The molecule has 0 saturated carbocycles. The van der Waals surface area contributed by atoms with Crippen molar-refractivity contribution in [3.8, 4) is 0 Å². The molecule has 0 fully saturated rings. The average Bonchev–Trinajstić information content (AvgIpc) is 2.67. The van der Waals surface area contributed by atoms with Gasteiger partial charge in [0.2, 0.25) is 0 Å². The molecule has 148 valence electrons. The van der Waals surface area contributed by atoms with Crippen LogP contribution in [0.15, 0.2) is 42.1 Å². The normalized spacial score (nSPS) is 10.8. The summed E-state index contributed by atoms with van der Waals surface area (Å²) in [4.78, 5) is 33.8. The van der Waals surface area contributed by atoms with Gasteiger partial charge in [0.05, 0.1) is 20.3 Å². The number of carbonyl (C=O) groups is 2. The van der Waals surface area contributed by atoms with E-state index in [9.17, 15) is 9.59 Å². The van der Waals surface area contributed by atoms with Crippen LogP contribution in [0.1, 0.15) is 5.82 Å². The highest BCUT2D eigenvalue weighted by molar-refractivity contribution is 5.98. The van der Waals surface area contributed by atoms with Crippen molar-refractivity contribution in [2.75, 3.05) is 43.8 Å². The number of benzene rings is 1. The topological polar surface area (TPSA) is 106 Å². The van der Waals surface area contributed by atoms with Crippen molar-refractivity contribution < 1.29 is 19.1 Å². The number of ether oxygens (including phenoxy) is 2. The zero-order chi connectivity index (χ0) is 20.7. The fourth-order valence-electron chi connectivity index (χ4n) is 2.22. The predicted octanol–water partition coefficient (Wildman–Crippen LogP) is 2.24. The Morgan fingerprint density at radius 2 is 1.68 bits per heavy atom. The number of anilines is 4. The lowest BCUT2D eigenvalue weighted by atomic mass is 10.2. The Hall–Kier alpha value is -3.62. The van der Waals surface area contributed by atoms with Gasteiger partial charge in [-0.3, -0.25) is 0 Å². The molecule has 0 amide bonds. The number of hydrogen-bond donors (Lipinski definition) is 2. The van der Waals surface area contributed by atoms with Crippen molar-refractivity contribution in [2.45, 2.75) is 6.92 Å². The number of aromatic nitrogens is 2. The predicted molar refractivity (Wildman–Crippen MR) is 107 cm³/mol. The minimum absolute atomic E-state index is 0.0305. The summed E-state index contributed by atoms with van der Waals surface area (Å²) < 4.78 is 9.21. The van der Waals surface area contributed by atoms with E-state index < -0.39 is 11.9 Å². The van der Waals surface area contributed by atoms with Crippen LogP contribution in [-0.4, -0.2) is 50.2 Å². The van der Waals surface area contributed by atoms with Crippen molar-refractivity contribution in [3.63, 3.8) is 0 Å². The minimum Gasteiger partial charge on any atom is -0.466 e. The fourth-order valence-corrected chi connectivity index (χ4v) is 2.22. The molecule has 0 spiro atoms. The Kier molecular flexibility index (Phi) is 6.91. The molecule has 2 N–H and O–H groups in total. The smallest absolute Gasteiger partial charge is 0.354 e. The summed E-state index contributed by atoms with van der Waals surface area (Å²) in [6, 6.07) is 8.95. The molecule has 0 saturated heterocycles. The molecular weight excluding hydrogens is 362 g/mol. The number of methoxy groups -OCH3 is 2. The van der Waals surface area contributed by atoms with Gasteiger partial charge >= 0.3 is 11.9 Å². The van der Waals surface area contributed by atoms with E-state index in [0.29, 0.717) is 17.3 Å². The van der Waals surface area contributed by atoms with Crippen molar-refractivity contribution in [1.82, 2.24) is 9.97 Å². The van der Waals surface area contributed by atoms with E-state index in [4.69, 9.17) is 0 Å². The number of aryl methyl sites for hydroxylation is 1. The van der Waals surface area contributed by atoms with Gasteiger partial charge in [-0.25, -0.2) is 19.6 Å². The third-order valence-electron chi connectivity index (χ3n) is 3.59. The molecule has 0 aliphatic rings. The summed E-state index contributed by atoms with van der Waals surface area (Å²) in [7, 11) is 6.28. The largest absolute Gasteiger partial charge is 0.466 e. The van der Waals surface area contributed by atoms with Crippen molar-refractivity contribution in [3.05, 3.63) is 47.9 Å². The second kappa shape index (κ2) is 9.36.